The van der Waals surface area contributed by atoms with Gasteiger partial charge in [-0.25, -0.2) is 0 Å². The molecule has 104 valence electrons. The van der Waals surface area contributed by atoms with Crippen LogP contribution in [0.5, 0.6) is 0 Å². The van der Waals surface area contributed by atoms with E-state index in [0.29, 0.717) is 13.0 Å². The van der Waals surface area contributed by atoms with Crippen LogP contribution < -0.4 is 0 Å². The van der Waals surface area contributed by atoms with Crippen molar-refractivity contribution in [1.82, 2.24) is 0 Å². The predicted molar refractivity (Wildman–Crippen MR) is 67.1 cm³/mol. The third kappa shape index (κ3) is 2.67. The molecule has 2 fully saturated rings. The fraction of sp³-hybridized carbons (Fsp3) is 0.538. The van der Waals surface area contributed by atoms with Crippen molar-refractivity contribution < 1.29 is 22.1 Å². The molecule has 1 aromatic rings. The highest BCUT2D eigenvalue weighted by Crippen LogP contribution is 2.31. The van der Waals surface area contributed by atoms with Crippen LogP contribution in [0.3, 0.4) is 0 Å². The molecule has 0 N–H and O–H groups in total. The van der Waals surface area contributed by atoms with Gasteiger partial charge in [0.1, 0.15) is 6.10 Å². The number of hydrogen-bond acceptors (Lipinski definition) is 5. The van der Waals surface area contributed by atoms with Gasteiger partial charge in [0.05, 0.1) is 17.6 Å². The summed E-state index contributed by atoms with van der Waals surface area (Å²) in [6, 6.07) is 6.59. The summed E-state index contributed by atoms with van der Waals surface area (Å²) < 4.78 is 40.4. The van der Waals surface area contributed by atoms with Crippen molar-refractivity contribution in [3.8, 4) is 0 Å². The van der Waals surface area contributed by atoms with E-state index in [4.69, 9.17) is 13.7 Å². The van der Waals surface area contributed by atoms with Crippen LogP contribution in [0.1, 0.15) is 18.4 Å². The summed E-state index contributed by atoms with van der Waals surface area (Å²) in [7, 11) is -3.76. The smallest absolute Gasteiger partial charge is 0.297 e. The fourth-order valence-electron chi connectivity index (χ4n) is 2.32. The Hall–Kier alpha value is -0.950. The first kappa shape index (κ1) is 13.1. The zero-order valence-corrected chi connectivity index (χ0v) is 11.4. The van der Waals surface area contributed by atoms with Crippen molar-refractivity contribution in [2.45, 2.75) is 43.2 Å². The molecule has 6 heteroatoms. The molecule has 0 aromatic heterocycles. The van der Waals surface area contributed by atoms with Crippen LogP contribution >= 0.6 is 0 Å². The molecule has 2 saturated heterocycles. The number of benzene rings is 1. The van der Waals surface area contributed by atoms with Crippen molar-refractivity contribution in [3.63, 3.8) is 0 Å². The Balaban J connectivity index is 1.76. The first-order valence-corrected chi connectivity index (χ1v) is 7.72. The lowest BCUT2D eigenvalue weighted by molar-refractivity contribution is -0.142. The minimum atomic E-state index is -3.76. The molecule has 3 rings (SSSR count). The number of rotatable bonds is 3. The quantitative estimate of drug-likeness (QED) is 0.789. The lowest BCUT2D eigenvalue weighted by atomic mass is 10.1. The van der Waals surface area contributed by atoms with Crippen molar-refractivity contribution in [3.05, 3.63) is 29.8 Å². The second-order valence-electron chi connectivity index (χ2n) is 4.94. The standard InChI is InChI=1S/C13H16O5S/c1-9-2-5-11(6-3-9)19(14,15)18-12-7-4-10-8-16-13(12)17-10/h2-3,5-6,10,12-13H,4,7-8H2,1H3. The Labute approximate surface area is 112 Å². The van der Waals surface area contributed by atoms with Gasteiger partial charge in [0.25, 0.3) is 10.1 Å². The van der Waals surface area contributed by atoms with E-state index in [1.165, 1.54) is 0 Å². The number of aryl methyl sites for hydroxylation is 1. The van der Waals surface area contributed by atoms with Gasteiger partial charge in [-0.1, -0.05) is 17.7 Å². The molecule has 3 unspecified atom stereocenters. The fourth-order valence-corrected chi connectivity index (χ4v) is 3.41. The minimum absolute atomic E-state index is 0.0897. The van der Waals surface area contributed by atoms with Crippen LogP contribution in [0.4, 0.5) is 0 Å². The van der Waals surface area contributed by atoms with E-state index in [1.54, 1.807) is 24.3 Å². The van der Waals surface area contributed by atoms with Gasteiger partial charge in [-0.3, -0.25) is 4.18 Å². The first-order chi connectivity index (χ1) is 9.04. The molecule has 2 bridgehead atoms. The second-order valence-corrected chi connectivity index (χ2v) is 6.51. The van der Waals surface area contributed by atoms with Gasteiger partial charge in [0, 0.05) is 0 Å². The maximum Gasteiger partial charge on any atom is 0.297 e. The lowest BCUT2D eigenvalue weighted by Crippen LogP contribution is -2.36. The summed E-state index contributed by atoms with van der Waals surface area (Å²) in [5.74, 6) is 0. The molecule has 0 saturated carbocycles. The van der Waals surface area contributed by atoms with Crippen LogP contribution in [0.15, 0.2) is 29.2 Å². The highest BCUT2D eigenvalue weighted by molar-refractivity contribution is 7.86. The SMILES string of the molecule is Cc1ccc(S(=O)(=O)OC2CCC3COC2O3)cc1. The summed E-state index contributed by atoms with van der Waals surface area (Å²) in [4.78, 5) is 0.165. The molecule has 0 aliphatic carbocycles. The van der Waals surface area contributed by atoms with E-state index in [-0.39, 0.29) is 11.0 Å². The maximum absolute atomic E-state index is 12.2. The Morgan fingerprint density at radius 3 is 2.68 bits per heavy atom. The van der Waals surface area contributed by atoms with Crippen LogP contribution in [0.25, 0.3) is 0 Å². The molecule has 5 nitrogen and oxygen atoms in total. The average molecular weight is 284 g/mol. The molecule has 0 amide bonds. The molecular weight excluding hydrogens is 268 g/mol. The normalized spacial score (nSPS) is 30.5. The van der Waals surface area contributed by atoms with Gasteiger partial charge in [0.15, 0.2) is 6.29 Å². The summed E-state index contributed by atoms with van der Waals surface area (Å²) in [5, 5.41) is 0. The maximum atomic E-state index is 12.2. The molecular formula is C13H16O5S. The lowest BCUT2D eigenvalue weighted by Gasteiger charge is -2.26. The van der Waals surface area contributed by atoms with Crippen LogP contribution in [0, 0.1) is 6.92 Å². The summed E-state index contributed by atoms with van der Waals surface area (Å²) in [5.41, 5.74) is 1.00. The van der Waals surface area contributed by atoms with E-state index in [2.05, 4.69) is 0 Å². The number of hydrogen-bond donors (Lipinski definition) is 0. The van der Waals surface area contributed by atoms with Crippen molar-refractivity contribution in [2.24, 2.45) is 0 Å². The monoisotopic (exact) mass is 284 g/mol. The van der Waals surface area contributed by atoms with Gasteiger partial charge in [-0.15, -0.1) is 0 Å². The molecule has 0 spiro atoms. The van der Waals surface area contributed by atoms with Crippen molar-refractivity contribution >= 4 is 10.1 Å². The second kappa shape index (κ2) is 4.86. The topological polar surface area (TPSA) is 61.8 Å². The average Bonchev–Trinajstić information content (AvgIpc) is 2.76. The van der Waals surface area contributed by atoms with E-state index < -0.39 is 22.5 Å². The Morgan fingerprint density at radius 1 is 1.21 bits per heavy atom. The molecule has 2 heterocycles. The van der Waals surface area contributed by atoms with Gasteiger partial charge in [-0.2, -0.15) is 8.42 Å². The molecule has 3 atom stereocenters. The van der Waals surface area contributed by atoms with Gasteiger partial charge < -0.3 is 9.47 Å². The number of fused-ring (bicyclic) bond motifs is 2. The summed E-state index contributed by atoms with van der Waals surface area (Å²) in [6.07, 6.45) is 0.390. The van der Waals surface area contributed by atoms with E-state index >= 15 is 0 Å². The van der Waals surface area contributed by atoms with E-state index in [1.807, 2.05) is 6.92 Å². The van der Waals surface area contributed by atoms with Crippen LogP contribution in [-0.2, 0) is 23.8 Å². The Bertz CT molecular complexity index is 551. The van der Waals surface area contributed by atoms with E-state index in [0.717, 1.165) is 12.0 Å². The Kier molecular flexibility index (Phi) is 3.34. The molecule has 0 radical (unpaired) electrons. The van der Waals surface area contributed by atoms with Crippen molar-refractivity contribution in [2.75, 3.05) is 6.61 Å². The van der Waals surface area contributed by atoms with E-state index in [9.17, 15) is 8.42 Å². The predicted octanol–water partition coefficient (Wildman–Crippen LogP) is 1.60. The molecule has 2 aliphatic heterocycles. The zero-order chi connectivity index (χ0) is 13.5. The molecule has 1 aromatic carbocycles. The highest BCUT2D eigenvalue weighted by Gasteiger charge is 2.41. The van der Waals surface area contributed by atoms with Crippen LogP contribution in [-0.4, -0.2) is 33.5 Å². The first-order valence-electron chi connectivity index (χ1n) is 6.32. The van der Waals surface area contributed by atoms with Gasteiger partial charge >= 0.3 is 0 Å². The largest absolute Gasteiger partial charge is 0.347 e. The van der Waals surface area contributed by atoms with Crippen LogP contribution in [0.2, 0.25) is 0 Å². The van der Waals surface area contributed by atoms with Crippen molar-refractivity contribution in [1.29, 1.82) is 0 Å². The highest BCUT2D eigenvalue weighted by atomic mass is 32.2. The minimum Gasteiger partial charge on any atom is -0.347 e. The Morgan fingerprint density at radius 2 is 1.95 bits per heavy atom. The molecule has 19 heavy (non-hydrogen) atoms. The number of ether oxygens (including phenoxy) is 2. The third-order valence-electron chi connectivity index (χ3n) is 3.41. The molecule has 2 aliphatic rings. The van der Waals surface area contributed by atoms with Gasteiger partial charge in [0.2, 0.25) is 0 Å². The summed E-state index contributed by atoms with van der Waals surface area (Å²) >= 11 is 0. The third-order valence-corrected chi connectivity index (χ3v) is 4.76. The van der Waals surface area contributed by atoms with Gasteiger partial charge in [-0.05, 0) is 31.9 Å². The zero-order valence-electron chi connectivity index (χ0n) is 10.6. The summed E-state index contributed by atoms with van der Waals surface area (Å²) in [6.45, 7) is 2.42.